The third-order valence-corrected chi connectivity index (χ3v) is 27.9. The topological polar surface area (TPSA) is 113 Å². The molecule has 87 heavy (non-hydrogen) atoms. The summed E-state index contributed by atoms with van der Waals surface area (Å²) in [5.74, 6) is 1.56. The number of carbonyl (C=O) groups is 2. The van der Waals surface area contributed by atoms with E-state index in [1.165, 1.54) is 75.2 Å². The molecule has 4 aromatic carbocycles. The Morgan fingerprint density at radius 2 is 1.52 bits per heavy atom. The van der Waals surface area contributed by atoms with Gasteiger partial charge in [-0.05, 0) is 249 Å². The molecule has 3 N–H and O–H groups in total. The Hall–Kier alpha value is -4.30. The number of carbonyl (C=O) groups excluding carboxylic acids is 2. The molecule has 18 unspecified atom stereocenters. The van der Waals surface area contributed by atoms with Crippen molar-refractivity contribution in [1.82, 2.24) is 0 Å². The minimum atomic E-state index is -1.56. The fraction of sp³-hybridized carbons (Fsp3) is 0.675. The van der Waals surface area contributed by atoms with Crippen molar-refractivity contribution >= 4 is 22.7 Å². The average Bonchev–Trinajstić information content (AvgIpc) is 1.64. The van der Waals surface area contributed by atoms with Crippen molar-refractivity contribution in [2.75, 3.05) is 6.61 Å². The van der Waals surface area contributed by atoms with Crippen molar-refractivity contribution in [2.24, 2.45) is 69.0 Å². The molecule has 7 nitrogen and oxygen atoms in total. The molecule has 7 fully saturated rings. The van der Waals surface area contributed by atoms with Gasteiger partial charge in [0, 0.05) is 17.4 Å². The highest BCUT2D eigenvalue weighted by Gasteiger charge is 2.76. The number of fused-ring (bicyclic) bond motifs is 5. The lowest BCUT2D eigenvalue weighted by Gasteiger charge is -2.71. The number of esters is 2. The van der Waals surface area contributed by atoms with Crippen molar-refractivity contribution in [3.05, 3.63) is 130 Å². The van der Waals surface area contributed by atoms with Gasteiger partial charge >= 0.3 is 11.9 Å². The minimum Gasteiger partial charge on any atom is -0.462 e. The Bertz CT molecular complexity index is 3180. The second-order valence-corrected chi connectivity index (χ2v) is 32.4. The number of ether oxygens (including phenoxy) is 2. The first-order valence-corrected chi connectivity index (χ1v) is 35.9. The van der Waals surface area contributed by atoms with Gasteiger partial charge in [0.15, 0.2) is 0 Å². The quantitative estimate of drug-likeness (QED) is 0.0903. The molecule has 9 aliphatic carbocycles. The largest absolute Gasteiger partial charge is 0.462 e. The van der Waals surface area contributed by atoms with Crippen LogP contribution in [-0.2, 0) is 30.9 Å². The Labute approximate surface area is 522 Å². The maximum absolute atomic E-state index is 15.6. The predicted molar refractivity (Wildman–Crippen MR) is 347 cm³/mol. The fourth-order valence-electron chi connectivity index (χ4n) is 24.3. The molecule has 0 aromatic heterocycles. The molecule has 10 aliphatic rings. The van der Waals surface area contributed by atoms with Crippen LogP contribution in [0, 0.1) is 69.0 Å². The number of benzene rings is 4. The van der Waals surface area contributed by atoms with E-state index in [2.05, 4.69) is 126 Å². The Kier molecular flexibility index (Phi) is 16.2. The predicted octanol–water partition coefficient (Wildman–Crippen LogP) is 17.7. The first kappa shape index (κ1) is 60.3. The zero-order valence-corrected chi connectivity index (χ0v) is 53.8. The monoisotopic (exact) mass is 1180 g/mol. The lowest BCUT2D eigenvalue weighted by Crippen LogP contribution is -2.77. The van der Waals surface area contributed by atoms with Crippen molar-refractivity contribution in [2.45, 2.75) is 261 Å². The maximum Gasteiger partial charge on any atom is 0.331 e. The van der Waals surface area contributed by atoms with Gasteiger partial charge in [-0.3, -0.25) is 4.79 Å². The molecule has 2 spiro atoms. The van der Waals surface area contributed by atoms with Gasteiger partial charge in [-0.1, -0.05) is 171 Å². The maximum atomic E-state index is 15.6. The van der Waals surface area contributed by atoms with E-state index < -0.39 is 46.6 Å². The van der Waals surface area contributed by atoms with E-state index in [1.54, 1.807) is 33.7 Å². The number of aliphatic hydroxyl groups excluding tert-OH is 2. The number of rotatable bonds is 17. The molecular weight excluding hydrogens is 1070 g/mol. The smallest absolute Gasteiger partial charge is 0.331 e. The lowest BCUT2D eigenvalue weighted by atomic mass is 9.36. The minimum absolute atomic E-state index is 0.0948. The normalized spacial score (nSPS) is 38.9. The summed E-state index contributed by atoms with van der Waals surface area (Å²) in [6.45, 7) is 11.7. The second-order valence-electron chi connectivity index (χ2n) is 32.4. The number of cyclic esters (lactones) is 1. The van der Waals surface area contributed by atoms with Crippen molar-refractivity contribution in [3.8, 4) is 0 Å². The molecule has 0 amide bonds. The number of aryl methyl sites for hydroxylation is 1. The summed E-state index contributed by atoms with van der Waals surface area (Å²) >= 11 is 0. The zero-order valence-electron chi connectivity index (χ0n) is 53.8. The molecule has 18 atom stereocenters. The highest BCUT2D eigenvalue weighted by atomic mass is 16.5. The van der Waals surface area contributed by atoms with E-state index >= 15 is 4.79 Å². The molecule has 1 heterocycles. The molecule has 7 saturated carbocycles. The number of aliphatic hydroxyl groups is 3. The van der Waals surface area contributed by atoms with Crippen LogP contribution in [0.3, 0.4) is 0 Å². The van der Waals surface area contributed by atoms with Crippen LogP contribution in [0.15, 0.2) is 103 Å². The van der Waals surface area contributed by atoms with Crippen molar-refractivity contribution in [1.29, 1.82) is 0 Å². The summed E-state index contributed by atoms with van der Waals surface area (Å²) in [5.41, 5.74) is 5.76. The fourth-order valence-corrected chi connectivity index (χ4v) is 24.3. The summed E-state index contributed by atoms with van der Waals surface area (Å²) in [6.07, 6.45) is 26.7. The van der Waals surface area contributed by atoms with Gasteiger partial charge in [-0.15, -0.1) is 0 Å². The first-order chi connectivity index (χ1) is 42.0. The van der Waals surface area contributed by atoms with Gasteiger partial charge in [-0.25, -0.2) is 4.79 Å². The second kappa shape index (κ2) is 23.4. The van der Waals surface area contributed by atoms with E-state index in [1.807, 2.05) is 0 Å². The summed E-state index contributed by atoms with van der Waals surface area (Å²) in [5, 5.41) is 45.2. The SMILES string of the molecule is CC(C)CC1CCCCC1C(=O)OC1CC(C)C(O)(CCC2=CC(=O)OC2)C2(C(O)CCC(C)CCCc3ccccc3)C(O)CCC(C)(C3CCC45CC6(CCCC6)C6CC7(c8ccccc8)CCCCC7c7ccc8cccc(c8c7C64)C5C3)C12. The Balaban J connectivity index is 0.894. The molecular formula is C80H106O7. The first-order valence-electron chi connectivity index (χ1n) is 35.9. The number of hydrogen-bond acceptors (Lipinski definition) is 7. The van der Waals surface area contributed by atoms with E-state index in [0.717, 1.165) is 89.0 Å². The Morgan fingerprint density at radius 1 is 0.759 bits per heavy atom. The molecule has 7 heteroatoms. The van der Waals surface area contributed by atoms with E-state index in [0.29, 0.717) is 66.6 Å². The van der Waals surface area contributed by atoms with Crippen molar-refractivity contribution < 1.29 is 34.4 Å². The molecule has 14 rings (SSSR count). The third-order valence-electron chi connectivity index (χ3n) is 27.9. The molecule has 0 saturated heterocycles. The van der Waals surface area contributed by atoms with Crippen LogP contribution in [0.25, 0.3) is 10.8 Å². The van der Waals surface area contributed by atoms with Crippen molar-refractivity contribution in [3.63, 3.8) is 0 Å². The molecule has 0 radical (unpaired) electrons. The highest BCUT2D eigenvalue weighted by molar-refractivity contribution is 5.93. The van der Waals surface area contributed by atoms with E-state index in [4.69, 9.17) is 9.47 Å². The van der Waals surface area contributed by atoms with Crippen LogP contribution in [0.4, 0.5) is 0 Å². The van der Waals surface area contributed by atoms with Crippen LogP contribution in [0.5, 0.6) is 0 Å². The van der Waals surface area contributed by atoms with Gasteiger partial charge in [-0.2, -0.15) is 0 Å². The average molecular weight is 1180 g/mol. The summed E-state index contributed by atoms with van der Waals surface area (Å²) < 4.78 is 12.9. The summed E-state index contributed by atoms with van der Waals surface area (Å²) in [7, 11) is 0. The summed E-state index contributed by atoms with van der Waals surface area (Å²) in [6, 6.07) is 35.1. The highest BCUT2D eigenvalue weighted by Crippen LogP contribution is 2.81. The van der Waals surface area contributed by atoms with Gasteiger partial charge < -0.3 is 24.8 Å². The van der Waals surface area contributed by atoms with Crippen LogP contribution in [0.2, 0.25) is 0 Å². The lowest BCUT2D eigenvalue weighted by molar-refractivity contribution is -0.328. The molecule has 4 aromatic rings. The summed E-state index contributed by atoms with van der Waals surface area (Å²) in [4.78, 5) is 28.3. The van der Waals surface area contributed by atoms with Crippen LogP contribution >= 0.6 is 0 Å². The number of hydrogen-bond donors (Lipinski definition) is 3. The molecule has 0 bridgehead atoms. The van der Waals surface area contributed by atoms with Crippen LogP contribution in [-0.4, -0.2) is 57.8 Å². The zero-order chi connectivity index (χ0) is 60.1. The van der Waals surface area contributed by atoms with Gasteiger partial charge in [0.2, 0.25) is 0 Å². The standard InChI is InChI=1S/C80H106O7/c1-51(2)44-57-24-12-13-28-60(57)74(84)87-66-45-53(4)79(85,43-35-55-46-69(83)86-49-55)80(67(81)34-31-52(3)20-18-23-54-21-8-6-9-22-54)68(82)37-41-75(5,73(66)80)59-36-42-78-50-76(38-16-17-39-76)65-48-77(58-26-10-7-11-27-58)40-15-14-30-63(77)62-33-32-56-25-19-29-61(64(78)47-59)70(56)71(62)72(65)78/h6-11,19,21-22,25-27,29,32-33,46,51-53,57,59-60,63-68,72-73,81-82,85H,12-18,20,23-24,28,30-31,34-45,47-50H2,1-5H3. The molecule has 468 valence electrons. The van der Waals surface area contributed by atoms with Gasteiger partial charge in [0.05, 0.1) is 29.1 Å². The Morgan fingerprint density at radius 3 is 2.29 bits per heavy atom. The molecule has 1 aliphatic heterocycles. The van der Waals surface area contributed by atoms with Gasteiger partial charge in [0.1, 0.15) is 12.7 Å². The van der Waals surface area contributed by atoms with E-state index in [9.17, 15) is 20.1 Å². The van der Waals surface area contributed by atoms with Gasteiger partial charge in [0.25, 0.3) is 0 Å². The van der Waals surface area contributed by atoms with E-state index in [-0.39, 0.29) is 53.6 Å². The van der Waals surface area contributed by atoms with Crippen LogP contribution < -0.4 is 0 Å². The van der Waals surface area contributed by atoms with Crippen LogP contribution in [0.1, 0.15) is 254 Å². The third kappa shape index (κ3) is 9.75.